The number of nitrogens with one attached hydrogen (secondary N) is 1. The Balaban J connectivity index is 2.62. The smallest absolute Gasteiger partial charge is 0.238 e. The molecule has 2 atom stereocenters. The molecule has 4 heteroatoms. The van der Waals surface area contributed by atoms with E-state index in [0.717, 1.165) is 38.8 Å². The van der Waals surface area contributed by atoms with Crippen LogP contribution < -0.4 is 11.1 Å². The van der Waals surface area contributed by atoms with Crippen LogP contribution in [0, 0.1) is 5.92 Å². The van der Waals surface area contributed by atoms with E-state index in [2.05, 4.69) is 31.0 Å². The summed E-state index contributed by atoms with van der Waals surface area (Å²) in [6, 6.07) is 0.568. The number of hydrogen-bond donors (Lipinski definition) is 2. The van der Waals surface area contributed by atoms with E-state index in [1.807, 2.05) is 7.05 Å². The molecule has 0 saturated heterocycles. The summed E-state index contributed by atoms with van der Waals surface area (Å²) < 4.78 is 0. The lowest BCUT2D eigenvalue weighted by Gasteiger charge is -2.34. The number of nitrogens with two attached hydrogens (primary N) is 1. The van der Waals surface area contributed by atoms with Crippen LogP contribution in [0.25, 0.3) is 0 Å². The van der Waals surface area contributed by atoms with Gasteiger partial charge in [0.1, 0.15) is 5.54 Å². The van der Waals surface area contributed by atoms with Crippen molar-refractivity contribution in [3.63, 3.8) is 0 Å². The minimum atomic E-state index is -0.463. The van der Waals surface area contributed by atoms with Crippen LogP contribution in [0.1, 0.15) is 52.9 Å². The zero-order chi connectivity index (χ0) is 14.5. The van der Waals surface area contributed by atoms with Gasteiger partial charge in [-0.15, -0.1) is 0 Å². The molecule has 1 saturated carbocycles. The highest BCUT2D eigenvalue weighted by atomic mass is 16.1. The monoisotopic (exact) mass is 269 g/mol. The van der Waals surface area contributed by atoms with Crippen LogP contribution in [-0.4, -0.2) is 42.5 Å². The molecule has 3 N–H and O–H groups in total. The summed E-state index contributed by atoms with van der Waals surface area (Å²) in [4.78, 5) is 14.3. The van der Waals surface area contributed by atoms with Gasteiger partial charge in [0.2, 0.25) is 5.91 Å². The van der Waals surface area contributed by atoms with Gasteiger partial charge in [-0.1, -0.05) is 13.3 Å². The Morgan fingerprint density at radius 3 is 2.63 bits per heavy atom. The van der Waals surface area contributed by atoms with Gasteiger partial charge < -0.3 is 16.0 Å². The van der Waals surface area contributed by atoms with Crippen molar-refractivity contribution in [1.82, 2.24) is 10.2 Å². The summed E-state index contributed by atoms with van der Waals surface area (Å²) in [7, 11) is 1.87. The molecule has 0 aliphatic heterocycles. The van der Waals surface area contributed by atoms with Crippen molar-refractivity contribution >= 4 is 5.91 Å². The SMILES string of the molecule is CCCN(CCC1CCCC1(NC)C(N)=O)C(C)C. The topological polar surface area (TPSA) is 58.4 Å². The fourth-order valence-electron chi connectivity index (χ4n) is 3.48. The molecule has 1 fully saturated rings. The van der Waals surface area contributed by atoms with E-state index in [9.17, 15) is 4.79 Å². The largest absolute Gasteiger partial charge is 0.368 e. The van der Waals surface area contributed by atoms with E-state index in [1.165, 1.54) is 6.42 Å². The van der Waals surface area contributed by atoms with Crippen LogP contribution in [0.15, 0.2) is 0 Å². The average Bonchev–Trinajstić information content (AvgIpc) is 2.78. The van der Waals surface area contributed by atoms with Gasteiger partial charge in [0.15, 0.2) is 0 Å². The van der Waals surface area contributed by atoms with E-state index in [0.29, 0.717) is 12.0 Å². The van der Waals surface area contributed by atoms with Crippen LogP contribution in [0.2, 0.25) is 0 Å². The van der Waals surface area contributed by atoms with Crippen molar-refractivity contribution in [2.75, 3.05) is 20.1 Å². The average molecular weight is 269 g/mol. The van der Waals surface area contributed by atoms with Gasteiger partial charge >= 0.3 is 0 Å². The Kier molecular flexibility index (Phi) is 6.27. The molecule has 0 bridgehead atoms. The van der Waals surface area contributed by atoms with Gasteiger partial charge in [0.25, 0.3) is 0 Å². The second kappa shape index (κ2) is 7.25. The van der Waals surface area contributed by atoms with Crippen LogP contribution in [0.4, 0.5) is 0 Å². The normalized spacial score (nSPS) is 27.4. The summed E-state index contributed by atoms with van der Waals surface area (Å²) in [5.74, 6) is 0.206. The number of likely N-dealkylation sites (N-methyl/N-ethyl adjacent to an activating group) is 1. The van der Waals surface area contributed by atoms with Crippen molar-refractivity contribution < 1.29 is 4.79 Å². The fraction of sp³-hybridized carbons (Fsp3) is 0.933. The zero-order valence-corrected chi connectivity index (χ0v) is 13.0. The van der Waals surface area contributed by atoms with Crippen molar-refractivity contribution in [1.29, 1.82) is 0 Å². The van der Waals surface area contributed by atoms with Gasteiger partial charge in [-0.3, -0.25) is 4.79 Å². The molecular weight excluding hydrogens is 238 g/mol. The van der Waals surface area contributed by atoms with Gasteiger partial charge in [-0.05, 0) is 65.6 Å². The van der Waals surface area contributed by atoms with E-state index < -0.39 is 5.54 Å². The Labute approximate surface area is 118 Å². The maximum atomic E-state index is 11.8. The van der Waals surface area contributed by atoms with E-state index >= 15 is 0 Å². The lowest BCUT2D eigenvalue weighted by Crippen LogP contribution is -2.57. The molecule has 0 radical (unpaired) electrons. The molecule has 1 aliphatic carbocycles. The quantitative estimate of drug-likeness (QED) is 0.705. The number of nitrogens with zero attached hydrogens (tertiary/aromatic N) is 1. The summed E-state index contributed by atoms with van der Waals surface area (Å²) >= 11 is 0. The second-order valence-corrected chi connectivity index (χ2v) is 6.09. The molecule has 19 heavy (non-hydrogen) atoms. The molecule has 0 aromatic carbocycles. The van der Waals surface area contributed by atoms with E-state index in [-0.39, 0.29) is 5.91 Å². The Bertz CT molecular complexity index is 293. The highest BCUT2D eigenvalue weighted by Gasteiger charge is 2.46. The Morgan fingerprint density at radius 2 is 2.16 bits per heavy atom. The molecular formula is C15H31N3O. The number of hydrogen-bond acceptors (Lipinski definition) is 3. The van der Waals surface area contributed by atoms with Gasteiger partial charge in [-0.25, -0.2) is 0 Å². The molecule has 112 valence electrons. The predicted molar refractivity (Wildman–Crippen MR) is 79.9 cm³/mol. The van der Waals surface area contributed by atoms with Crippen LogP contribution in [0.5, 0.6) is 0 Å². The van der Waals surface area contributed by atoms with Crippen LogP contribution >= 0.6 is 0 Å². The first kappa shape index (κ1) is 16.4. The number of primary amides is 1. The Hall–Kier alpha value is -0.610. The number of carbonyl (C=O) groups excluding carboxylic acids is 1. The number of rotatable bonds is 8. The first-order valence-corrected chi connectivity index (χ1v) is 7.70. The lowest BCUT2D eigenvalue weighted by molar-refractivity contribution is -0.125. The van der Waals surface area contributed by atoms with Crippen LogP contribution in [0.3, 0.4) is 0 Å². The third kappa shape index (κ3) is 3.69. The van der Waals surface area contributed by atoms with Crippen molar-refractivity contribution in [3.05, 3.63) is 0 Å². The minimum Gasteiger partial charge on any atom is -0.368 e. The van der Waals surface area contributed by atoms with E-state index in [4.69, 9.17) is 5.73 Å². The summed E-state index contributed by atoms with van der Waals surface area (Å²) in [5, 5.41) is 3.22. The standard InChI is InChI=1S/C15H31N3O/c1-5-10-18(12(2)3)11-8-13-7-6-9-15(13,17-4)14(16)19/h12-13,17H,5-11H2,1-4H3,(H2,16,19). The lowest BCUT2D eigenvalue weighted by atomic mass is 9.84. The van der Waals surface area contributed by atoms with Gasteiger partial charge in [0.05, 0.1) is 0 Å². The maximum Gasteiger partial charge on any atom is 0.238 e. The third-order valence-corrected chi connectivity index (χ3v) is 4.71. The van der Waals surface area contributed by atoms with Gasteiger partial charge in [-0.2, -0.15) is 0 Å². The fourth-order valence-corrected chi connectivity index (χ4v) is 3.48. The molecule has 1 rings (SSSR count). The molecule has 4 nitrogen and oxygen atoms in total. The summed E-state index contributed by atoms with van der Waals surface area (Å²) in [6.45, 7) is 8.89. The first-order chi connectivity index (χ1) is 8.97. The molecule has 0 aromatic rings. The Morgan fingerprint density at radius 1 is 1.47 bits per heavy atom. The zero-order valence-electron chi connectivity index (χ0n) is 13.0. The first-order valence-electron chi connectivity index (χ1n) is 7.70. The highest BCUT2D eigenvalue weighted by Crippen LogP contribution is 2.37. The van der Waals surface area contributed by atoms with Crippen molar-refractivity contribution in [3.8, 4) is 0 Å². The molecule has 0 spiro atoms. The molecule has 1 amide bonds. The number of amides is 1. The summed E-state index contributed by atoms with van der Waals surface area (Å²) in [5.41, 5.74) is 5.18. The molecule has 0 aromatic heterocycles. The number of carbonyl (C=O) groups is 1. The van der Waals surface area contributed by atoms with Crippen LogP contribution in [-0.2, 0) is 4.79 Å². The molecule has 0 heterocycles. The van der Waals surface area contributed by atoms with Gasteiger partial charge in [0, 0.05) is 6.04 Å². The highest BCUT2D eigenvalue weighted by molar-refractivity contribution is 5.85. The van der Waals surface area contributed by atoms with Crippen molar-refractivity contribution in [2.24, 2.45) is 11.7 Å². The maximum absolute atomic E-state index is 11.8. The van der Waals surface area contributed by atoms with Crippen molar-refractivity contribution in [2.45, 2.75) is 64.5 Å². The molecule has 1 aliphatic rings. The minimum absolute atomic E-state index is 0.177. The predicted octanol–water partition coefficient (Wildman–Crippen LogP) is 1.74. The molecule has 2 unspecified atom stereocenters. The summed E-state index contributed by atoms with van der Waals surface area (Å²) in [6.07, 6.45) is 5.34. The second-order valence-electron chi connectivity index (χ2n) is 6.09. The van der Waals surface area contributed by atoms with E-state index in [1.54, 1.807) is 0 Å². The third-order valence-electron chi connectivity index (χ3n) is 4.71.